The first-order chi connectivity index (χ1) is 7.65. The van der Waals surface area contributed by atoms with E-state index in [4.69, 9.17) is 0 Å². The summed E-state index contributed by atoms with van der Waals surface area (Å²) in [5.41, 5.74) is 0.699. The van der Waals surface area contributed by atoms with Gasteiger partial charge in [-0.15, -0.1) is 11.8 Å². The number of aromatic hydroxyl groups is 2. The Morgan fingerprint density at radius 1 is 1.38 bits per heavy atom. The van der Waals surface area contributed by atoms with Crippen LogP contribution in [-0.4, -0.2) is 16.8 Å². The predicted octanol–water partition coefficient (Wildman–Crippen LogP) is 2.16. The Morgan fingerprint density at radius 2 is 2.12 bits per heavy atom. The summed E-state index contributed by atoms with van der Waals surface area (Å²) >= 11 is 0. The largest absolute Gasteiger partial charge is 0.508 e. The molecule has 0 aliphatic carbocycles. The van der Waals surface area contributed by atoms with E-state index in [0.717, 1.165) is 13.0 Å². The average molecular weight is 219 g/mol. The van der Waals surface area contributed by atoms with E-state index in [-0.39, 0.29) is 17.5 Å². The van der Waals surface area contributed by atoms with Crippen molar-refractivity contribution in [1.29, 1.82) is 0 Å². The minimum atomic E-state index is -0.00856. The van der Waals surface area contributed by atoms with Crippen molar-refractivity contribution in [3.05, 3.63) is 23.8 Å². The van der Waals surface area contributed by atoms with Gasteiger partial charge in [-0.2, -0.15) is 0 Å². The van der Waals surface area contributed by atoms with Crippen molar-refractivity contribution in [3.63, 3.8) is 0 Å². The molecule has 0 spiro atoms. The zero-order valence-electron chi connectivity index (χ0n) is 9.62. The lowest BCUT2D eigenvalue weighted by Crippen LogP contribution is -2.19. The summed E-state index contributed by atoms with van der Waals surface area (Å²) in [5, 5.41) is 22.2. The SMILES string of the molecule is CC#CCCNC(C)c1cc(O)ccc1O. The Kier molecular flexibility index (Phi) is 4.68. The van der Waals surface area contributed by atoms with Gasteiger partial charge in [-0.3, -0.25) is 0 Å². The highest BCUT2D eigenvalue weighted by molar-refractivity contribution is 5.40. The van der Waals surface area contributed by atoms with Gasteiger partial charge in [0.25, 0.3) is 0 Å². The van der Waals surface area contributed by atoms with Crippen molar-refractivity contribution in [2.24, 2.45) is 0 Å². The molecule has 0 fully saturated rings. The zero-order valence-corrected chi connectivity index (χ0v) is 9.62. The highest BCUT2D eigenvalue weighted by Gasteiger charge is 2.09. The Morgan fingerprint density at radius 3 is 2.81 bits per heavy atom. The van der Waals surface area contributed by atoms with Crippen LogP contribution < -0.4 is 5.32 Å². The Hall–Kier alpha value is -1.66. The standard InChI is InChI=1S/C13H17NO2/c1-3-4-5-8-14-10(2)12-9-11(15)6-7-13(12)16/h6-7,9-10,14-16H,5,8H2,1-2H3. The fraction of sp³-hybridized carbons (Fsp3) is 0.385. The van der Waals surface area contributed by atoms with Crippen LogP contribution in [0.15, 0.2) is 18.2 Å². The molecular weight excluding hydrogens is 202 g/mol. The molecule has 0 amide bonds. The minimum Gasteiger partial charge on any atom is -0.508 e. The number of benzene rings is 1. The maximum absolute atomic E-state index is 9.63. The molecule has 16 heavy (non-hydrogen) atoms. The maximum Gasteiger partial charge on any atom is 0.120 e. The second kappa shape index (κ2) is 6.04. The van der Waals surface area contributed by atoms with Crippen molar-refractivity contribution in [3.8, 4) is 23.3 Å². The quantitative estimate of drug-likeness (QED) is 0.413. The number of phenols is 2. The van der Waals surface area contributed by atoms with Gasteiger partial charge in [0.05, 0.1) is 0 Å². The summed E-state index contributed by atoms with van der Waals surface area (Å²) in [7, 11) is 0. The third-order valence-corrected chi connectivity index (χ3v) is 2.35. The van der Waals surface area contributed by atoms with Gasteiger partial charge in [0.15, 0.2) is 0 Å². The van der Waals surface area contributed by atoms with Gasteiger partial charge in [0, 0.05) is 24.6 Å². The summed E-state index contributed by atoms with van der Waals surface area (Å²) in [4.78, 5) is 0. The van der Waals surface area contributed by atoms with Crippen LogP contribution >= 0.6 is 0 Å². The molecule has 0 heterocycles. The zero-order chi connectivity index (χ0) is 12.0. The number of hydrogen-bond acceptors (Lipinski definition) is 3. The fourth-order valence-electron chi connectivity index (χ4n) is 1.47. The second-order valence-corrected chi connectivity index (χ2v) is 3.60. The smallest absolute Gasteiger partial charge is 0.120 e. The molecule has 0 aromatic heterocycles. The van der Waals surface area contributed by atoms with E-state index in [2.05, 4.69) is 17.2 Å². The predicted molar refractivity (Wildman–Crippen MR) is 64.3 cm³/mol. The molecule has 0 saturated heterocycles. The first-order valence-corrected chi connectivity index (χ1v) is 5.30. The summed E-state index contributed by atoms with van der Waals surface area (Å²) in [6.45, 7) is 4.51. The molecular formula is C13H17NO2. The van der Waals surface area contributed by atoms with Crippen LogP contribution in [0.2, 0.25) is 0 Å². The molecule has 1 aromatic carbocycles. The molecule has 3 heteroatoms. The molecule has 0 bridgehead atoms. The van der Waals surface area contributed by atoms with E-state index in [1.807, 2.05) is 13.8 Å². The Labute approximate surface area is 96.1 Å². The van der Waals surface area contributed by atoms with Crippen LogP contribution in [0.5, 0.6) is 11.5 Å². The van der Waals surface area contributed by atoms with Crippen molar-refractivity contribution in [2.45, 2.75) is 26.3 Å². The van der Waals surface area contributed by atoms with Crippen molar-refractivity contribution >= 4 is 0 Å². The Balaban J connectivity index is 2.60. The molecule has 1 rings (SSSR count). The van der Waals surface area contributed by atoms with Crippen LogP contribution in [-0.2, 0) is 0 Å². The number of nitrogens with one attached hydrogen (secondary N) is 1. The van der Waals surface area contributed by atoms with Gasteiger partial charge in [-0.25, -0.2) is 0 Å². The topological polar surface area (TPSA) is 52.5 Å². The highest BCUT2D eigenvalue weighted by Crippen LogP contribution is 2.27. The van der Waals surface area contributed by atoms with E-state index >= 15 is 0 Å². The van der Waals surface area contributed by atoms with Gasteiger partial charge >= 0.3 is 0 Å². The van der Waals surface area contributed by atoms with E-state index < -0.39 is 0 Å². The monoisotopic (exact) mass is 219 g/mol. The Bertz CT molecular complexity index is 404. The molecule has 0 aliphatic rings. The van der Waals surface area contributed by atoms with E-state index in [9.17, 15) is 10.2 Å². The molecule has 3 nitrogen and oxygen atoms in total. The maximum atomic E-state index is 9.63. The molecule has 0 saturated carbocycles. The van der Waals surface area contributed by atoms with Gasteiger partial charge in [-0.05, 0) is 32.0 Å². The summed E-state index contributed by atoms with van der Waals surface area (Å²) in [6, 6.07) is 4.52. The fourth-order valence-corrected chi connectivity index (χ4v) is 1.47. The third-order valence-electron chi connectivity index (χ3n) is 2.35. The van der Waals surface area contributed by atoms with Crippen LogP contribution in [0, 0.1) is 11.8 Å². The summed E-state index contributed by atoms with van der Waals surface area (Å²) in [6.07, 6.45) is 0.778. The van der Waals surface area contributed by atoms with Crippen molar-refractivity contribution in [2.75, 3.05) is 6.54 Å². The number of phenolic OH excluding ortho intramolecular Hbond substituents is 2. The van der Waals surface area contributed by atoms with E-state index in [1.165, 1.54) is 12.1 Å². The van der Waals surface area contributed by atoms with Crippen LogP contribution in [0.4, 0.5) is 0 Å². The molecule has 1 atom stereocenters. The third kappa shape index (κ3) is 3.48. The van der Waals surface area contributed by atoms with Crippen molar-refractivity contribution < 1.29 is 10.2 Å². The average Bonchev–Trinajstić information content (AvgIpc) is 2.27. The molecule has 1 unspecified atom stereocenters. The number of hydrogen-bond donors (Lipinski definition) is 3. The summed E-state index contributed by atoms with van der Waals surface area (Å²) < 4.78 is 0. The molecule has 86 valence electrons. The van der Waals surface area contributed by atoms with E-state index in [0.29, 0.717) is 5.56 Å². The number of rotatable bonds is 4. The lowest BCUT2D eigenvalue weighted by atomic mass is 10.1. The first kappa shape index (κ1) is 12.4. The highest BCUT2D eigenvalue weighted by atomic mass is 16.3. The van der Waals surface area contributed by atoms with Gasteiger partial charge in [0.1, 0.15) is 11.5 Å². The van der Waals surface area contributed by atoms with Crippen LogP contribution in [0.1, 0.15) is 31.9 Å². The normalized spacial score (nSPS) is 11.6. The first-order valence-electron chi connectivity index (χ1n) is 5.30. The molecule has 0 radical (unpaired) electrons. The van der Waals surface area contributed by atoms with Gasteiger partial charge in [0.2, 0.25) is 0 Å². The van der Waals surface area contributed by atoms with E-state index in [1.54, 1.807) is 6.07 Å². The molecule has 3 N–H and O–H groups in total. The van der Waals surface area contributed by atoms with Crippen LogP contribution in [0.3, 0.4) is 0 Å². The minimum absolute atomic E-state index is 0.00856. The lowest BCUT2D eigenvalue weighted by molar-refractivity contribution is 0.442. The van der Waals surface area contributed by atoms with Crippen molar-refractivity contribution in [1.82, 2.24) is 5.32 Å². The van der Waals surface area contributed by atoms with Gasteiger partial charge in [-0.1, -0.05) is 0 Å². The van der Waals surface area contributed by atoms with Crippen LogP contribution in [0.25, 0.3) is 0 Å². The lowest BCUT2D eigenvalue weighted by Gasteiger charge is -2.14. The van der Waals surface area contributed by atoms with Gasteiger partial charge < -0.3 is 15.5 Å². The molecule has 1 aromatic rings. The second-order valence-electron chi connectivity index (χ2n) is 3.60. The summed E-state index contributed by atoms with van der Waals surface area (Å²) in [5.74, 6) is 6.13. The molecule has 0 aliphatic heterocycles.